The molecule has 0 saturated heterocycles. The second kappa shape index (κ2) is 4.90. The van der Waals surface area contributed by atoms with Gasteiger partial charge in [-0.15, -0.1) is 0 Å². The molecule has 0 saturated carbocycles. The van der Waals surface area contributed by atoms with Crippen LogP contribution in [0.5, 0.6) is 0 Å². The molecule has 88 valence electrons. The highest BCUT2D eigenvalue weighted by atomic mass is 15.1. The van der Waals surface area contributed by atoms with Gasteiger partial charge < -0.3 is 4.90 Å². The second-order valence-electron chi connectivity index (χ2n) is 5.22. The molecule has 0 amide bonds. The molecule has 0 unspecified atom stereocenters. The van der Waals surface area contributed by atoms with Gasteiger partial charge in [0.1, 0.15) is 0 Å². The zero-order chi connectivity index (χ0) is 11.5. The molecule has 1 aromatic rings. The van der Waals surface area contributed by atoms with E-state index in [0.717, 1.165) is 12.3 Å². The van der Waals surface area contributed by atoms with Gasteiger partial charge in [-0.1, -0.05) is 39.0 Å². The summed E-state index contributed by atoms with van der Waals surface area (Å²) in [5.74, 6) is 0.746. The molecule has 0 aliphatic carbocycles. The number of hydrogen-bond acceptors (Lipinski definition) is 1. The number of anilines is 1. The lowest BCUT2D eigenvalue weighted by Crippen LogP contribution is -2.33. The average Bonchev–Trinajstić information content (AvgIpc) is 2.28. The summed E-state index contributed by atoms with van der Waals surface area (Å²) in [5, 5.41) is 0. The van der Waals surface area contributed by atoms with Gasteiger partial charge in [-0.25, -0.2) is 0 Å². The molecule has 1 aromatic carbocycles. The lowest BCUT2D eigenvalue weighted by molar-refractivity contribution is 0.583. The topological polar surface area (TPSA) is 3.24 Å². The number of hydrogen-bond donors (Lipinski definition) is 0. The van der Waals surface area contributed by atoms with Crippen molar-refractivity contribution < 1.29 is 0 Å². The number of benzene rings is 1. The SMILES string of the molecule is CCc1cccc2c1N(CC(C)C)CCC2. The van der Waals surface area contributed by atoms with Crippen molar-refractivity contribution in [2.75, 3.05) is 18.0 Å². The van der Waals surface area contributed by atoms with E-state index >= 15 is 0 Å². The average molecular weight is 217 g/mol. The molecule has 2 rings (SSSR count). The Hall–Kier alpha value is -0.980. The first-order valence-corrected chi connectivity index (χ1v) is 6.58. The van der Waals surface area contributed by atoms with Crippen molar-refractivity contribution in [1.82, 2.24) is 0 Å². The maximum Gasteiger partial charge on any atom is 0.0431 e. The van der Waals surface area contributed by atoms with Gasteiger partial charge in [0.05, 0.1) is 0 Å². The Kier molecular flexibility index (Phi) is 3.52. The van der Waals surface area contributed by atoms with E-state index in [1.165, 1.54) is 31.5 Å². The first kappa shape index (κ1) is 11.5. The Labute approximate surface area is 99.5 Å². The molecule has 0 spiro atoms. The van der Waals surface area contributed by atoms with Crippen LogP contribution in [0, 0.1) is 5.92 Å². The predicted octanol–water partition coefficient (Wildman–Crippen LogP) is 3.66. The van der Waals surface area contributed by atoms with Crippen molar-refractivity contribution >= 4 is 5.69 Å². The van der Waals surface area contributed by atoms with E-state index in [4.69, 9.17) is 0 Å². The normalized spacial score (nSPS) is 15.4. The Morgan fingerprint density at radius 1 is 1.31 bits per heavy atom. The van der Waals surface area contributed by atoms with Crippen LogP contribution in [0.15, 0.2) is 18.2 Å². The summed E-state index contributed by atoms with van der Waals surface area (Å²) >= 11 is 0. The van der Waals surface area contributed by atoms with Crippen LogP contribution in [0.3, 0.4) is 0 Å². The van der Waals surface area contributed by atoms with Crippen LogP contribution in [0.25, 0.3) is 0 Å². The fourth-order valence-electron chi connectivity index (χ4n) is 2.73. The molecule has 1 nitrogen and oxygen atoms in total. The smallest absolute Gasteiger partial charge is 0.0431 e. The quantitative estimate of drug-likeness (QED) is 0.747. The first-order chi connectivity index (χ1) is 7.72. The van der Waals surface area contributed by atoms with Crippen molar-refractivity contribution in [2.45, 2.75) is 40.0 Å². The van der Waals surface area contributed by atoms with Crippen LogP contribution in [0.2, 0.25) is 0 Å². The van der Waals surface area contributed by atoms with Crippen LogP contribution in [-0.2, 0) is 12.8 Å². The van der Waals surface area contributed by atoms with Gasteiger partial charge in [-0.2, -0.15) is 0 Å². The molecule has 1 aliphatic rings. The van der Waals surface area contributed by atoms with Crippen molar-refractivity contribution in [2.24, 2.45) is 5.92 Å². The van der Waals surface area contributed by atoms with Crippen LogP contribution in [-0.4, -0.2) is 13.1 Å². The van der Waals surface area contributed by atoms with Crippen LogP contribution >= 0.6 is 0 Å². The first-order valence-electron chi connectivity index (χ1n) is 6.58. The summed E-state index contributed by atoms with van der Waals surface area (Å²) in [7, 11) is 0. The van der Waals surface area contributed by atoms with Gasteiger partial charge in [0.25, 0.3) is 0 Å². The molecular formula is C15H23N. The predicted molar refractivity (Wildman–Crippen MR) is 71.2 cm³/mol. The molecule has 1 aliphatic heterocycles. The minimum absolute atomic E-state index is 0.746. The van der Waals surface area contributed by atoms with E-state index < -0.39 is 0 Å². The standard InChI is InChI=1S/C15H23N/c1-4-13-7-5-8-14-9-6-10-16(15(13)14)11-12(2)3/h5,7-8,12H,4,6,9-11H2,1-3H3. The van der Waals surface area contributed by atoms with Crippen molar-refractivity contribution in [3.8, 4) is 0 Å². The number of para-hydroxylation sites is 1. The number of aryl methyl sites for hydroxylation is 2. The zero-order valence-corrected chi connectivity index (χ0v) is 10.8. The third-order valence-corrected chi connectivity index (χ3v) is 3.36. The van der Waals surface area contributed by atoms with E-state index in [0.29, 0.717) is 0 Å². The molecule has 0 atom stereocenters. The van der Waals surface area contributed by atoms with Gasteiger partial charge in [0.2, 0.25) is 0 Å². The van der Waals surface area contributed by atoms with Gasteiger partial charge in [0, 0.05) is 18.8 Å². The highest BCUT2D eigenvalue weighted by Gasteiger charge is 2.19. The van der Waals surface area contributed by atoms with E-state index in [1.807, 2.05) is 0 Å². The monoisotopic (exact) mass is 217 g/mol. The summed E-state index contributed by atoms with van der Waals surface area (Å²) in [5.41, 5.74) is 4.63. The molecule has 16 heavy (non-hydrogen) atoms. The van der Waals surface area contributed by atoms with Gasteiger partial charge >= 0.3 is 0 Å². The Balaban J connectivity index is 2.35. The molecular weight excluding hydrogens is 194 g/mol. The number of rotatable bonds is 3. The molecule has 1 heterocycles. The van der Waals surface area contributed by atoms with Crippen molar-refractivity contribution in [3.05, 3.63) is 29.3 Å². The molecule has 1 heteroatoms. The molecule has 0 N–H and O–H groups in total. The van der Waals surface area contributed by atoms with Crippen molar-refractivity contribution in [3.63, 3.8) is 0 Å². The third kappa shape index (κ3) is 2.23. The van der Waals surface area contributed by atoms with E-state index in [1.54, 1.807) is 11.3 Å². The molecule has 0 bridgehead atoms. The minimum Gasteiger partial charge on any atom is -0.371 e. The van der Waals surface area contributed by atoms with Gasteiger partial charge in [-0.05, 0) is 36.3 Å². The van der Waals surface area contributed by atoms with Crippen molar-refractivity contribution in [1.29, 1.82) is 0 Å². The van der Waals surface area contributed by atoms with Gasteiger partial charge in [0.15, 0.2) is 0 Å². The number of fused-ring (bicyclic) bond motifs is 1. The fourth-order valence-corrected chi connectivity index (χ4v) is 2.73. The lowest BCUT2D eigenvalue weighted by Gasteiger charge is -2.34. The maximum atomic E-state index is 2.60. The maximum absolute atomic E-state index is 2.60. The third-order valence-electron chi connectivity index (χ3n) is 3.36. The van der Waals surface area contributed by atoms with Gasteiger partial charge in [-0.3, -0.25) is 0 Å². The van der Waals surface area contributed by atoms with Crippen LogP contribution < -0.4 is 4.90 Å². The summed E-state index contributed by atoms with van der Waals surface area (Å²) in [6, 6.07) is 6.81. The Bertz CT molecular complexity index is 340. The molecule has 0 fully saturated rings. The van der Waals surface area contributed by atoms with Crippen LogP contribution in [0.4, 0.5) is 5.69 Å². The molecule has 0 radical (unpaired) electrons. The lowest BCUT2D eigenvalue weighted by atomic mass is 9.96. The summed E-state index contributed by atoms with van der Waals surface area (Å²) in [6.07, 6.45) is 3.72. The summed E-state index contributed by atoms with van der Waals surface area (Å²) in [6.45, 7) is 9.32. The highest BCUT2D eigenvalue weighted by Crippen LogP contribution is 2.31. The second-order valence-corrected chi connectivity index (χ2v) is 5.22. The Morgan fingerprint density at radius 2 is 2.12 bits per heavy atom. The van der Waals surface area contributed by atoms with E-state index in [-0.39, 0.29) is 0 Å². The number of nitrogens with zero attached hydrogens (tertiary/aromatic N) is 1. The Morgan fingerprint density at radius 3 is 2.81 bits per heavy atom. The highest BCUT2D eigenvalue weighted by molar-refractivity contribution is 5.61. The molecule has 0 aromatic heterocycles. The fraction of sp³-hybridized carbons (Fsp3) is 0.600. The van der Waals surface area contributed by atoms with E-state index in [9.17, 15) is 0 Å². The summed E-state index contributed by atoms with van der Waals surface area (Å²) < 4.78 is 0. The summed E-state index contributed by atoms with van der Waals surface area (Å²) in [4.78, 5) is 2.60. The minimum atomic E-state index is 0.746. The zero-order valence-electron chi connectivity index (χ0n) is 10.8. The van der Waals surface area contributed by atoms with Crippen LogP contribution in [0.1, 0.15) is 38.3 Å². The largest absolute Gasteiger partial charge is 0.371 e. The van der Waals surface area contributed by atoms with E-state index in [2.05, 4.69) is 43.9 Å².